The van der Waals surface area contributed by atoms with Gasteiger partial charge >= 0.3 is 6.03 Å². The van der Waals surface area contributed by atoms with Crippen molar-refractivity contribution in [2.45, 2.75) is 56.6 Å². The van der Waals surface area contributed by atoms with Crippen LogP contribution >= 0.6 is 0 Å². The minimum Gasteiger partial charge on any atom is -0.307 e. The molecule has 3 aliphatic rings. The van der Waals surface area contributed by atoms with E-state index in [4.69, 9.17) is 5.26 Å². The SMILES string of the molecule is N#CCN1CCCC(S(=O)(=O)NC(=O)Nc2c3c(cc4c2CCC4)CCC3)C1.[K]. The molecule has 1 atom stereocenters. The number of nitrogens with one attached hydrogen (secondary N) is 2. The summed E-state index contributed by atoms with van der Waals surface area (Å²) in [5.41, 5.74) is 5.76. The van der Waals surface area contributed by atoms with Crippen LogP contribution in [0.3, 0.4) is 0 Å². The maximum absolute atomic E-state index is 12.7. The van der Waals surface area contributed by atoms with E-state index >= 15 is 0 Å². The standard InChI is InChI=1S/C20H26N4O3S.K/c21-9-11-24-10-3-6-16(13-24)28(26,27)23-20(25)22-19-17-7-1-4-14(17)12-15-5-2-8-18(15)19;/h12,16H,1-8,10-11,13H2,(H2,22,23,25);. The number of carbonyl (C=O) groups excluding carboxylic acids is 1. The maximum atomic E-state index is 12.7. The first-order chi connectivity index (χ1) is 13.5. The van der Waals surface area contributed by atoms with Crippen LogP contribution in [0.4, 0.5) is 10.5 Å². The van der Waals surface area contributed by atoms with E-state index in [1.165, 1.54) is 22.3 Å². The molecule has 1 unspecified atom stereocenters. The Balaban J connectivity index is 0.00000240. The van der Waals surface area contributed by atoms with Crippen LogP contribution in [-0.2, 0) is 35.7 Å². The smallest absolute Gasteiger partial charge is 0.307 e. The minimum atomic E-state index is -3.80. The van der Waals surface area contributed by atoms with Crippen LogP contribution in [0.25, 0.3) is 0 Å². The van der Waals surface area contributed by atoms with Gasteiger partial charge in [0.25, 0.3) is 0 Å². The molecule has 0 aromatic heterocycles. The van der Waals surface area contributed by atoms with E-state index < -0.39 is 21.3 Å². The number of fused-ring (bicyclic) bond motifs is 2. The van der Waals surface area contributed by atoms with Crippen LogP contribution in [0.5, 0.6) is 0 Å². The number of aryl methyl sites for hydroxylation is 2. The molecule has 1 saturated heterocycles. The summed E-state index contributed by atoms with van der Waals surface area (Å²) in [6.07, 6.45) is 7.25. The molecule has 1 heterocycles. The van der Waals surface area contributed by atoms with Crippen LogP contribution in [0.15, 0.2) is 6.07 Å². The third kappa shape index (κ3) is 5.06. The van der Waals surface area contributed by atoms with Crippen molar-refractivity contribution in [2.75, 3.05) is 25.0 Å². The number of carbonyl (C=O) groups is 1. The molecule has 7 nitrogen and oxygen atoms in total. The summed E-state index contributed by atoms with van der Waals surface area (Å²) in [6.45, 7) is 1.21. The van der Waals surface area contributed by atoms with Gasteiger partial charge in [-0.3, -0.25) is 4.90 Å². The van der Waals surface area contributed by atoms with Crippen LogP contribution < -0.4 is 10.0 Å². The third-order valence-electron chi connectivity index (χ3n) is 6.14. The largest absolute Gasteiger partial charge is 0.332 e. The second-order valence-corrected chi connectivity index (χ2v) is 9.95. The van der Waals surface area contributed by atoms with Crippen molar-refractivity contribution in [2.24, 2.45) is 0 Å². The number of urea groups is 1. The van der Waals surface area contributed by atoms with Gasteiger partial charge in [0, 0.05) is 63.6 Å². The van der Waals surface area contributed by atoms with Gasteiger partial charge in [0.05, 0.1) is 17.9 Å². The van der Waals surface area contributed by atoms with Crippen LogP contribution in [0.1, 0.15) is 47.9 Å². The van der Waals surface area contributed by atoms with Crippen LogP contribution in [0, 0.1) is 11.3 Å². The molecule has 1 aromatic rings. The van der Waals surface area contributed by atoms with Crippen molar-refractivity contribution in [3.05, 3.63) is 28.3 Å². The Morgan fingerprint density at radius 2 is 1.79 bits per heavy atom. The van der Waals surface area contributed by atoms with E-state index in [0.717, 1.165) is 44.2 Å². The number of sulfonamides is 1. The molecule has 4 rings (SSSR count). The van der Waals surface area contributed by atoms with Crippen LogP contribution in [0.2, 0.25) is 0 Å². The number of piperidine rings is 1. The van der Waals surface area contributed by atoms with Gasteiger partial charge in [0.15, 0.2) is 0 Å². The summed E-state index contributed by atoms with van der Waals surface area (Å²) in [6, 6.07) is 3.66. The number of benzene rings is 1. The average molecular weight is 442 g/mol. The number of amides is 2. The fourth-order valence-corrected chi connectivity index (χ4v) is 6.19. The first-order valence-corrected chi connectivity index (χ1v) is 11.6. The summed E-state index contributed by atoms with van der Waals surface area (Å²) in [5.74, 6) is 0. The predicted octanol–water partition coefficient (Wildman–Crippen LogP) is 1.72. The van der Waals surface area contributed by atoms with E-state index in [0.29, 0.717) is 19.4 Å². The molecule has 2 aliphatic carbocycles. The number of nitriles is 1. The van der Waals surface area contributed by atoms with E-state index in [1.54, 1.807) is 0 Å². The quantitative estimate of drug-likeness (QED) is 0.547. The monoisotopic (exact) mass is 441 g/mol. The molecule has 9 heteroatoms. The Hall–Kier alpha value is -0.474. The van der Waals surface area contributed by atoms with E-state index in [-0.39, 0.29) is 64.5 Å². The maximum Gasteiger partial charge on any atom is 0.332 e. The number of hydrogen-bond donors (Lipinski definition) is 2. The fraction of sp³-hybridized carbons (Fsp3) is 0.600. The van der Waals surface area contributed by atoms with Crippen molar-refractivity contribution in [1.82, 2.24) is 9.62 Å². The molecule has 1 aromatic carbocycles. The van der Waals surface area contributed by atoms with Crippen molar-refractivity contribution < 1.29 is 13.2 Å². The van der Waals surface area contributed by atoms with Gasteiger partial charge in [-0.15, -0.1) is 0 Å². The average Bonchev–Trinajstić information content (AvgIpc) is 3.30. The summed E-state index contributed by atoms with van der Waals surface area (Å²) in [7, 11) is -3.80. The van der Waals surface area contributed by atoms with Gasteiger partial charge in [0.1, 0.15) is 0 Å². The molecule has 0 bridgehead atoms. The number of nitrogens with zero attached hydrogens (tertiary/aromatic N) is 2. The fourth-order valence-electron chi connectivity index (χ4n) is 4.83. The number of anilines is 1. The number of hydrogen-bond acceptors (Lipinski definition) is 5. The zero-order valence-electron chi connectivity index (χ0n) is 17.0. The van der Waals surface area contributed by atoms with Crippen molar-refractivity contribution in [1.29, 1.82) is 5.26 Å². The molecule has 1 aliphatic heterocycles. The topological polar surface area (TPSA) is 102 Å². The Labute approximate surface area is 215 Å². The van der Waals surface area contributed by atoms with Gasteiger partial charge in [0.2, 0.25) is 10.0 Å². The molecular weight excluding hydrogens is 415 g/mol. The van der Waals surface area contributed by atoms with Gasteiger partial charge in [-0.1, -0.05) is 6.07 Å². The summed E-state index contributed by atoms with van der Waals surface area (Å²) in [5, 5.41) is 11.1. The molecule has 2 N–H and O–H groups in total. The molecule has 2 amide bonds. The van der Waals surface area contributed by atoms with Gasteiger partial charge in [-0.2, -0.15) is 5.26 Å². The summed E-state index contributed by atoms with van der Waals surface area (Å²) >= 11 is 0. The number of likely N-dealkylation sites (tertiary alicyclic amines) is 1. The second-order valence-electron chi connectivity index (χ2n) is 7.99. The predicted molar refractivity (Wildman–Crippen MR) is 112 cm³/mol. The minimum absolute atomic E-state index is 0. The first-order valence-electron chi connectivity index (χ1n) is 10.1. The molecule has 29 heavy (non-hydrogen) atoms. The van der Waals surface area contributed by atoms with Gasteiger partial charge < -0.3 is 5.32 Å². The van der Waals surface area contributed by atoms with Crippen LogP contribution in [-0.4, -0.2) is 95.6 Å². The Bertz CT molecular complexity index is 910. The zero-order valence-corrected chi connectivity index (χ0v) is 20.9. The molecule has 1 fully saturated rings. The van der Waals surface area contributed by atoms with E-state index in [2.05, 4.69) is 22.2 Å². The molecule has 0 saturated carbocycles. The first kappa shape index (κ1) is 23.2. The molecule has 1 radical (unpaired) electrons. The van der Waals surface area contributed by atoms with Gasteiger partial charge in [-0.05, 0) is 80.2 Å². The van der Waals surface area contributed by atoms with E-state index in [9.17, 15) is 13.2 Å². The summed E-state index contributed by atoms with van der Waals surface area (Å²) < 4.78 is 27.7. The molecule has 151 valence electrons. The Morgan fingerprint density at radius 3 is 2.41 bits per heavy atom. The van der Waals surface area contributed by atoms with E-state index in [1.807, 2.05) is 4.90 Å². The Kier molecular flexibility index (Phi) is 7.81. The van der Waals surface area contributed by atoms with Crippen molar-refractivity contribution in [3.63, 3.8) is 0 Å². The second kappa shape index (κ2) is 9.77. The molecule has 0 spiro atoms. The number of rotatable bonds is 4. The van der Waals surface area contributed by atoms with Crippen molar-refractivity contribution >= 4 is 73.1 Å². The van der Waals surface area contributed by atoms with Gasteiger partial charge in [-0.25, -0.2) is 17.9 Å². The zero-order chi connectivity index (χ0) is 19.7. The molecular formula is C20H26KN4O3S. The normalized spacial score (nSPS) is 20.9. The Morgan fingerprint density at radius 1 is 1.14 bits per heavy atom. The third-order valence-corrected chi connectivity index (χ3v) is 7.87. The van der Waals surface area contributed by atoms with Crippen molar-refractivity contribution in [3.8, 4) is 6.07 Å². The summed E-state index contributed by atoms with van der Waals surface area (Å²) in [4.78, 5) is 14.4.